The average molecular weight is 342 g/mol. The molecule has 0 N–H and O–H groups in total. The van der Waals surface area contributed by atoms with Gasteiger partial charge >= 0.3 is 0 Å². The Hall–Kier alpha value is -1.92. The molecule has 25 heavy (non-hydrogen) atoms. The van der Waals surface area contributed by atoms with Gasteiger partial charge < -0.3 is 14.0 Å². The van der Waals surface area contributed by atoms with Crippen LogP contribution < -0.4 is 0 Å². The lowest BCUT2D eigenvalue weighted by molar-refractivity contribution is 0.0102. The van der Waals surface area contributed by atoms with Crippen LogP contribution in [0.15, 0.2) is 24.4 Å². The average Bonchev–Trinajstić information content (AvgIpc) is 3.24. The molecule has 2 aromatic rings. The van der Waals surface area contributed by atoms with Gasteiger partial charge in [0.05, 0.1) is 18.7 Å². The van der Waals surface area contributed by atoms with Crippen molar-refractivity contribution < 1.29 is 9.53 Å². The highest BCUT2D eigenvalue weighted by atomic mass is 16.5. The number of ether oxygens (including phenoxy) is 1. The van der Waals surface area contributed by atoms with Crippen molar-refractivity contribution in [3.05, 3.63) is 35.9 Å². The first kappa shape index (κ1) is 16.5. The van der Waals surface area contributed by atoms with E-state index >= 15 is 0 Å². The van der Waals surface area contributed by atoms with Crippen molar-refractivity contribution in [1.82, 2.24) is 19.2 Å². The lowest BCUT2D eigenvalue weighted by Gasteiger charge is -2.34. The van der Waals surface area contributed by atoms with Crippen LogP contribution in [0.1, 0.15) is 29.7 Å². The Kier molecular flexibility index (Phi) is 4.48. The van der Waals surface area contributed by atoms with Gasteiger partial charge in [-0.1, -0.05) is 19.4 Å². The normalized spacial score (nSPS) is 25.0. The smallest absolute Gasteiger partial charge is 0.274 e. The van der Waals surface area contributed by atoms with Crippen molar-refractivity contribution in [2.75, 3.05) is 39.4 Å². The summed E-state index contributed by atoms with van der Waals surface area (Å²) in [6.45, 7) is 9.31. The quantitative estimate of drug-likeness (QED) is 0.854. The molecule has 1 amide bonds. The summed E-state index contributed by atoms with van der Waals surface area (Å²) in [4.78, 5) is 22.2. The van der Waals surface area contributed by atoms with Gasteiger partial charge in [0.25, 0.3) is 5.91 Å². The van der Waals surface area contributed by atoms with Crippen LogP contribution in [-0.2, 0) is 4.74 Å². The van der Waals surface area contributed by atoms with E-state index in [0.29, 0.717) is 17.7 Å². The number of morpholine rings is 1. The Bertz CT molecular complexity index is 766. The topological polar surface area (TPSA) is 50.1 Å². The van der Waals surface area contributed by atoms with E-state index in [9.17, 15) is 4.79 Å². The number of hydrogen-bond donors (Lipinski definition) is 0. The van der Waals surface area contributed by atoms with E-state index in [-0.39, 0.29) is 5.91 Å². The SMILES string of the molecule is CCC1CN(C(=O)c2nc(C)n3ccccc23)CC1N1CCOCC1. The minimum absolute atomic E-state index is 0.0611. The summed E-state index contributed by atoms with van der Waals surface area (Å²) in [6, 6.07) is 6.34. The number of aromatic nitrogens is 2. The number of hydrogen-bond acceptors (Lipinski definition) is 4. The van der Waals surface area contributed by atoms with Gasteiger partial charge in [-0.15, -0.1) is 0 Å². The van der Waals surface area contributed by atoms with Crippen molar-refractivity contribution in [2.45, 2.75) is 26.3 Å². The second kappa shape index (κ2) is 6.77. The Balaban J connectivity index is 1.58. The fraction of sp³-hybridized carbons (Fsp3) is 0.579. The summed E-state index contributed by atoms with van der Waals surface area (Å²) in [5, 5.41) is 0. The van der Waals surface area contributed by atoms with Crippen molar-refractivity contribution in [3.63, 3.8) is 0 Å². The fourth-order valence-corrected chi connectivity index (χ4v) is 4.24. The Morgan fingerprint density at radius 1 is 1.28 bits per heavy atom. The first-order chi connectivity index (χ1) is 12.2. The zero-order valence-electron chi connectivity index (χ0n) is 15.0. The summed E-state index contributed by atoms with van der Waals surface area (Å²) in [5.41, 5.74) is 1.48. The van der Waals surface area contributed by atoms with Gasteiger partial charge in [-0.3, -0.25) is 9.69 Å². The molecule has 0 radical (unpaired) electrons. The molecule has 0 saturated carbocycles. The number of likely N-dealkylation sites (tertiary alicyclic amines) is 1. The molecule has 0 bridgehead atoms. The molecule has 2 aliphatic heterocycles. The van der Waals surface area contributed by atoms with Crippen molar-refractivity contribution in [1.29, 1.82) is 0 Å². The third-order valence-corrected chi connectivity index (χ3v) is 5.66. The first-order valence-electron chi connectivity index (χ1n) is 9.23. The maximum atomic E-state index is 13.2. The lowest BCUT2D eigenvalue weighted by atomic mass is 9.99. The van der Waals surface area contributed by atoms with E-state index in [4.69, 9.17) is 4.74 Å². The number of rotatable bonds is 3. The molecule has 6 heteroatoms. The van der Waals surface area contributed by atoms with Crippen molar-refractivity contribution in [3.8, 4) is 0 Å². The van der Waals surface area contributed by atoms with Crippen LogP contribution >= 0.6 is 0 Å². The molecule has 2 atom stereocenters. The van der Waals surface area contributed by atoms with E-state index in [2.05, 4.69) is 16.8 Å². The van der Waals surface area contributed by atoms with E-state index < -0.39 is 0 Å². The zero-order valence-corrected chi connectivity index (χ0v) is 15.0. The number of imidazole rings is 1. The van der Waals surface area contributed by atoms with Crippen LogP contribution in [0.2, 0.25) is 0 Å². The van der Waals surface area contributed by atoms with Gasteiger partial charge in [0.2, 0.25) is 0 Å². The summed E-state index contributed by atoms with van der Waals surface area (Å²) in [7, 11) is 0. The second-order valence-corrected chi connectivity index (χ2v) is 7.06. The monoisotopic (exact) mass is 342 g/mol. The number of aryl methyl sites for hydroxylation is 1. The molecule has 0 aromatic carbocycles. The summed E-state index contributed by atoms with van der Waals surface area (Å²) in [6.07, 6.45) is 3.05. The van der Waals surface area contributed by atoms with Crippen LogP contribution in [0.3, 0.4) is 0 Å². The Morgan fingerprint density at radius 2 is 2.08 bits per heavy atom. The second-order valence-electron chi connectivity index (χ2n) is 7.06. The summed E-state index contributed by atoms with van der Waals surface area (Å²) < 4.78 is 7.47. The maximum absolute atomic E-state index is 13.2. The van der Waals surface area contributed by atoms with E-state index in [1.165, 1.54) is 0 Å². The highest BCUT2D eigenvalue weighted by Gasteiger charge is 2.39. The third-order valence-electron chi connectivity index (χ3n) is 5.66. The molecule has 4 heterocycles. The molecule has 2 unspecified atom stereocenters. The fourth-order valence-electron chi connectivity index (χ4n) is 4.24. The largest absolute Gasteiger partial charge is 0.379 e. The van der Waals surface area contributed by atoms with Gasteiger partial charge in [0, 0.05) is 38.4 Å². The predicted molar refractivity (Wildman–Crippen MR) is 95.8 cm³/mol. The number of pyridine rings is 1. The lowest BCUT2D eigenvalue weighted by Crippen LogP contribution is -2.47. The third kappa shape index (κ3) is 2.93. The van der Waals surface area contributed by atoms with E-state index in [1.807, 2.05) is 40.6 Å². The molecule has 2 saturated heterocycles. The van der Waals surface area contributed by atoms with Gasteiger partial charge in [0.1, 0.15) is 5.82 Å². The number of carbonyl (C=O) groups excluding carboxylic acids is 1. The maximum Gasteiger partial charge on any atom is 0.274 e. The highest BCUT2D eigenvalue weighted by molar-refractivity contribution is 5.99. The van der Waals surface area contributed by atoms with Gasteiger partial charge in [-0.2, -0.15) is 0 Å². The van der Waals surface area contributed by atoms with Crippen molar-refractivity contribution in [2.24, 2.45) is 5.92 Å². The number of carbonyl (C=O) groups is 1. The molecule has 0 spiro atoms. The molecule has 2 fully saturated rings. The van der Waals surface area contributed by atoms with Crippen LogP contribution in [-0.4, -0.2) is 70.5 Å². The number of nitrogens with zero attached hydrogens (tertiary/aromatic N) is 4. The zero-order chi connectivity index (χ0) is 17.4. The predicted octanol–water partition coefficient (Wildman–Crippen LogP) is 1.83. The molecule has 134 valence electrons. The van der Waals surface area contributed by atoms with Crippen LogP contribution in [0.25, 0.3) is 5.52 Å². The van der Waals surface area contributed by atoms with E-state index in [0.717, 1.165) is 57.2 Å². The Labute approximate surface area is 148 Å². The summed E-state index contributed by atoms with van der Waals surface area (Å²) in [5.74, 6) is 1.44. The van der Waals surface area contributed by atoms with Crippen LogP contribution in [0.5, 0.6) is 0 Å². The molecular weight excluding hydrogens is 316 g/mol. The first-order valence-corrected chi connectivity index (χ1v) is 9.23. The number of fused-ring (bicyclic) bond motifs is 1. The van der Waals surface area contributed by atoms with Crippen LogP contribution in [0.4, 0.5) is 0 Å². The van der Waals surface area contributed by atoms with Gasteiger partial charge in [-0.05, 0) is 25.0 Å². The van der Waals surface area contributed by atoms with E-state index in [1.54, 1.807) is 0 Å². The molecule has 2 aromatic heterocycles. The summed E-state index contributed by atoms with van der Waals surface area (Å²) >= 11 is 0. The van der Waals surface area contributed by atoms with Gasteiger partial charge in [0.15, 0.2) is 5.69 Å². The number of amides is 1. The molecule has 6 nitrogen and oxygen atoms in total. The molecule has 2 aliphatic rings. The highest BCUT2D eigenvalue weighted by Crippen LogP contribution is 2.27. The van der Waals surface area contributed by atoms with Crippen LogP contribution in [0, 0.1) is 12.8 Å². The molecule has 0 aliphatic carbocycles. The van der Waals surface area contributed by atoms with Crippen molar-refractivity contribution >= 4 is 11.4 Å². The molecular formula is C19H26N4O2. The Morgan fingerprint density at radius 3 is 2.84 bits per heavy atom. The molecule has 4 rings (SSSR count). The minimum atomic E-state index is 0.0611. The standard InChI is InChI=1S/C19H26N4O2/c1-3-15-12-22(13-17(15)21-8-10-25-11-9-21)19(24)18-16-6-4-5-7-23(16)14(2)20-18/h4-7,15,17H,3,8-13H2,1-2H3. The minimum Gasteiger partial charge on any atom is -0.379 e. The van der Waals surface area contributed by atoms with Gasteiger partial charge in [-0.25, -0.2) is 4.98 Å².